The van der Waals surface area contributed by atoms with Gasteiger partial charge in [-0.2, -0.15) is 0 Å². The van der Waals surface area contributed by atoms with Crippen LogP contribution in [-0.4, -0.2) is 23.3 Å². The number of hydrogen-bond acceptors (Lipinski definition) is 5. The molecule has 1 aromatic rings. The summed E-state index contributed by atoms with van der Waals surface area (Å²) in [6.07, 6.45) is 0. The Kier molecular flexibility index (Phi) is 2.56. The number of nitrogens with zero attached hydrogens (tertiary/aromatic N) is 1. The Balaban J connectivity index is 2.30. The molecule has 0 aliphatic carbocycles. The average Bonchev–Trinajstić information content (AvgIpc) is 2.51. The van der Waals surface area contributed by atoms with Gasteiger partial charge in [-0.1, -0.05) is 0 Å². The first kappa shape index (κ1) is 11.9. The van der Waals surface area contributed by atoms with Crippen LogP contribution in [0.15, 0.2) is 0 Å². The molecule has 1 fully saturated rings. The van der Waals surface area contributed by atoms with Gasteiger partial charge in [0.2, 0.25) is 0 Å². The van der Waals surface area contributed by atoms with E-state index in [0.29, 0.717) is 5.13 Å². The van der Waals surface area contributed by atoms with E-state index in [1.807, 2.05) is 34.6 Å². The van der Waals surface area contributed by atoms with Crippen LogP contribution in [0.25, 0.3) is 0 Å². The van der Waals surface area contributed by atoms with E-state index in [1.54, 1.807) is 0 Å². The lowest BCUT2D eigenvalue weighted by Gasteiger charge is -2.32. The number of nitrogens with two attached hydrogens (primary N) is 1. The Morgan fingerprint density at radius 3 is 2.06 bits per heavy atom. The van der Waals surface area contributed by atoms with Crippen molar-refractivity contribution in [2.24, 2.45) is 0 Å². The number of aryl methyl sites for hydroxylation is 1. The van der Waals surface area contributed by atoms with Gasteiger partial charge in [0.1, 0.15) is 0 Å². The molecule has 2 N–H and O–H groups in total. The largest absolute Gasteiger partial charge is 0.507 e. The van der Waals surface area contributed by atoms with Crippen LogP contribution in [0.1, 0.15) is 33.4 Å². The van der Waals surface area contributed by atoms with Crippen LogP contribution in [0.5, 0.6) is 0 Å². The van der Waals surface area contributed by atoms with Gasteiger partial charge in [0, 0.05) is 0 Å². The third-order valence-corrected chi connectivity index (χ3v) is 4.32. The van der Waals surface area contributed by atoms with Gasteiger partial charge in [0.15, 0.2) is 5.13 Å². The van der Waals surface area contributed by atoms with Crippen LogP contribution in [0.4, 0.5) is 5.13 Å². The summed E-state index contributed by atoms with van der Waals surface area (Å²) in [4.78, 5) is 4.19. The minimum Gasteiger partial charge on any atom is -0.399 e. The van der Waals surface area contributed by atoms with E-state index in [1.165, 1.54) is 11.3 Å². The third kappa shape index (κ3) is 1.75. The van der Waals surface area contributed by atoms with Crippen LogP contribution in [-0.2, 0) is 9.31 Å². The second-order valence-corrected chi connectivity index (χ2v) is 6.15. The fraction of sp³-hybridized carbons (Fsp3) is 0.700. The number of hydrogen-bond donors (Lipinski definition) is 1. The lowest BCUT2D eigenvalue weighted by atomic mass is 9.86. The Morgan fingerprint density at radius 2 is 1.69 bits per heavy atom. The zero-order valence-electron chi connectivity index (χ0n) is 10.3. The molecular formula is C10H17BN2O2S. The topological polar surface area (TPSA) is 57.4 Å². The molecule has 0 amide bonds. The summed E-state index contributed by atoms with van der Waals surface area (Å²) in [5, 5.41) is 0.558. The van der Waals surface area contributed by atoms with Crippen molar-refractivity contribution in [2.75, 3.05) is 5.73 Å². The standard InChI is InChI=1S/C10H17BN2O2S/c1-6-7(16-8(12)13-6)11-14-9(2,3)10(4,5)15-11/h1-5H3,(H2,12,13). The van der Waals surface area contributed by atoms with Crippen molar-refractivity contribution in [3.8, 4) is 0 Å². The van der Waals surface area contributed by atoms with Gasteiger partial charge < -0.3 is 15.0 Å². The second-order valence-electron chi connectivity index (χ2n) is 5.09. The van der Waals surface area contributed by atoms with Gasteiger partial charge in [0.05, 0.1) is 21.7 Å². The molecule has 0 radical (unpaired) electrons. The molecule has 2 heterocycles. The molecule has 0 aromatic carbocycles. The number of nitrogen functional groups attached to an aromatic ring is 1. The quantitative estimate of drug-likeness (QED) is 0.752. The normalized spacial score (nSPS) is 22.7. The van der Waals surface area contributed by atoms with E-state index in [-0.39, 0.29) is 18.3 Å². The minimum atomic E-state index is -0.347. The molecule has 1 aliphatic heterocycles. The Labute approximate surface area is 100 Å². The highest BCUT2D eigenvalue weighted by Gasteiger charge is 2.52. The van der Waals surface area contributed by atoms with Gasteiger partial charge in [0.25, 0.3) is 0 Å². The summed E-state index contributed by atoms with van der Waals surface area (Å²) in [5.74, 6) is 0. The van der Waals surface area contributed by atoms with Crippen molar-refractivity contribution in [1.82, 2.24) is 4.98 Å². The van der Waals surface area contributed by atoms with E-state index in [2.05, 4.69) is 4.98 Å². The van der Waals surface area contributed by atoms with Crippen molar-refractivity contribution < 1.29 is 9.31 Å². The zero-order chi connectivity index (χ0) is 12.1. The molecule has 0 bridgehead atoms. The second kappa shape index (κ2) is 3.45. The Morgan fingerprint density at radius 1 is 1.19 bits per heavy atom. The molecule has 0 unspecified atom stereocenters. The van der Waals surface area contributed by atoms with E-state index < -0.39 is 0 Å². The van der Waals surface area contributed by atoms with E-state index in [4.69, 9.17) is 15.0 Å². The van der Waals surface area contributed by atoms with Crippen molar-refractivity contribution in [2.45, 2.75) is 45.8 Å². The highest BCUT2D eigenvalue weighted by molar-refractivity contribution is 7.25. The molecule has 6 heteroatoms. The first-order chi connectivity index (χ1) is 7.23. The Bertz CT molecular complexity index is 401. The summed E-state index contributed by atoms with van der Waals surface area (Å²) in [6, 6.07) is 0. The van der Waals surface area contributed by atoms with Crippen LogP contribution < -0.4 is 10.5 Å². The van der Waals surface area contributed by atoms with Gasteiger partial charge in [-0.25, -0.2) is 4.98 Å². The maximum absolute atomic E-state index is 5.94. The molecular weight excluding hydrogens is 223 g/mol. The lowest BCUT2D eigenvalue weighted by molar-refractivity contribution is 0.00578. The van der Waals surface area contributed by atoms with Gasteiger partial charge in [-0.15, -0.1) is 11.3 Å². The van der Waals surface area contributed by atoms with Crippen LogP contribution in [0.2, 0.25) is 0 Å². The van der Waals surface area contributed by atoms with Crippen molar-refractivity contribution >= 4 is 28.4 Å². The Hall–Kier alpha value is -0.585. The summed E-state index contributed by atoms with van der Waals surface area (Å²) < 4.78 is 12.8. The maximum atomic E-state index is 5.94. The fourth-order valence-corrected chi connectivity index (χ4v) is 2.39. The van der Waals surface area contributed by atoms with Crippen molar-refractivity contribution in [1.29, 1.82) is 0 Å². The van der Waals surface area contributed by atoms with E-state index in [0.717, 1.165) is 10.5 Å². The molecule has 0 spiro atoms. The van der Waals surface area contributed by atoms with Crippen molar-refractivity contribution in [3.05, 3.63) is 5.69 Å². The monoisotopic (exact) mass is 240 g/mol. The highest BCUT2D eigenvalue weighted by Crippen LogP contribution is 2.37. The zero-order valence-corrected chi connectivity index (χ0v) is 11.1. The number of thiazole rings is 1. The number of rotatable bonds is 1. The van der Waals surface area contributed by atoms with Gasteiger partial charge in [-0.3, -0.25) is 0 Å². The molecule has 1 aromatic heterocycles. The number of aromatic nitrogens is 1. The molecule has 0 atom stereocenters. The van der Waals surface area contributed by atoms with E-state index >= 15 is 0 Å². The summed E-state index contributed by atoms with van der Waals surface area (Å²) >= 11 is 1.43. The SMILES string of the molecule is Cc1nc(N)sc1B1OC(C)(C)C(C)(C)O1. The molecule has 1 aliphatic rings. The summed E-state index contributed by atoms with van der Waals surface area (Å²) in [6.45, 7) is 10.1. The predicted octanol–water partition coefficient (Wildman–Crippen LogP) is 1.33. The van der Waals surface area contributed by atoms with Gasteiger partial charge in [-0.05, 0) is 34.6 Å². The molecule has 1 saturated heterocycles. The lowest BCUT2D eigenvalue weighted by Crippen LogP contribution is -2.41. The molecule has 16 heavy (non-hydrogen) atoms. The molecule has 0 saturated carbocycles. The van der Waals surface area contributed by atoms with Gasteiger partial charge >= 0.3 is 7.12 Å². The first-order valence-electron chi connectivity index (χ1n) is 5.31. The smallest absolute Gasteiger partial charge is 0.399 e. The third-order valence-electron chi connectivity index (χ3n) is 3.32. The van der Waals surface area contributed by atoms with Crippen molar-refractivity contribution in [3.63, 3.8) is 0 Å². The first-order valence-corrected chi connectivity index (χ1v) is 6.13. The summed E-state index contributed by atoms with van der Waals surface area (Å²) in [5.41, 5.74) is 5.94. The average molecular weight is 240 g/mol. The molecule has 88 valence electrons. The fourth-order valence-electron chi connectivity index (χ4n) is 1.60. The van der Waals surface area contributed by atoms with Crippen LogP contribution >= 0.6 is 11.3 Å². The molecule has 4 nitrogen and oxygen atoms in total. The highest BCUT2D eigenvalue weighted by atomic mass is 32.1. The van der Waals surface area contributed by atoms with E-state index in [9.17, 15) is 0 Å². The maximum Gasteiger partial charge on any atom is 0.507 e. The predicted molar refractivity (Wildman–Crippen MR) is 67.0 cm³/mol. The summed E-state index contributed by atoms with van der Waals surface area (Å²) in [7, 11) is -0.347. The van der Waals surface area contributed by atoms with Crippen LogP contribution in [0, 0.1) is 6.92 Å². The number of anilines is 1. The van der Waals surface area contributed by atoms with Crippen LogP contribution in [0.3, 0.4) is 0 Å². The molecule has 2 rings (SSSR count). The minimum absolute atomic E-state index is 0.317.